The Balaban J connectivity index is 2.28. The van der Waals surface area contributed by atoms with E-state index < -0.39 is 5.91 Å². The van der Waals surface area contributed by atoms with Crippen LogP contribution in [-0.2, 0) is 9.59 Å². The molecule has 1 aromatic rings. The molecule has 0 atom stereocenters. The monoisotopic (exact) mass is 204 g/mol. The van der Waals surface area contributed by atoms with Crippen LogP contribution in [0.4, 0.5) is 5.69 Å². The predicted molar refractivity (Wildman–Crippen MR) is 57.0 cm³/mol. The Morgan fingerprint density at radius 3 is 2.47 bits per heavy atom. The SMILES string of the molecule is [CH]C(=O)NCCC(=O)Nc1ccccc1. The van der Waals surface area contributed by atoms with Crippen LogP contribution in [0.2, 0.25) is 0 Å². The molecule has 0 saturated carbocycles. The van der Waals surface area contributed by atoms with Gasteiger partial charge in [0, 0.05) is 18.7 Å². The van der Waals surface area contributed by atoms with Gasteiger partial charge < -0.3 is 10.6 Å². The molecular weight excluding hydrogens is 192 g/mol. The van der Waals surface area contributed by atoms with Crippen LogP contribution < -0.4 is 10.6 Å². The minimum absolute atomic E-state index is 0.157. The second kappa shape index (κ2) is 5.80. The zero-order valence-electron chi connectivity index (χ0n) is 8.19. The van der Waals surface area contributed by atoms with Gasteiger partial charge in [0.1, 0.15) is 0 Å². The molecule has 0 aromatic heterocycles. The lowest BCUT2D eigenvalue weighted by atomic mass is 10.3. The first-order valence-corrected chi connectivity index (χ1v) is 4.56. The first-order valence-electron chi connectivity index (χ1n) is 4.56. The summed E-state index contributed by atoms with van der Waals surface area (Å²) in [5, 5.41) is 5.02. The van der Waals surface area contributed by atoms with Gasteiger partial charge in [0.15, 0.2) is 0 Å². The molecular formula is C11H12N2O2. The molecule has 0 unspecified atom stereocenters. The third-order valence-electron chi connectivity index (χ3n) is 1.71. The summed E-state index contributed by atoms with van der Waals surface area (Å²) in [7, 11) is 0. The fraction of sp³-hybridized carbons (Fsp3) is 0.182. The highest BCUT2D eigenvalue weighted by Gasteiger charge is 2.01. The maximum Gasteiger partial charge on any atom is 0.226 e. The zero-order valence-corrected chi connectivity index (χ0v) is 8.19. The van der Waals surface area contributed by atoms with Gasteiger partial charge in [0.2, 0.25) is 11.8 Å². The largest absolute Gasteiger partial charge is 0.355 e. The average molecular weight is 204 g/mol. The van der Waals surface area contributed by atoms with Gasteiger partial charge in [0.05, 0.1) is 6.92 Å². The second-order valence-electron chi connectivity index (χ2n) is 2.96. The van der Waals surface area contributed by atoms with Crippen molar-refractivity contribution in [3.05, 3.63) is 37.3 Å². The van der Waals surface area contributed by atoms with Crippen LogP contribution in [0, 0.1) is 6.92 Å². The summed E-state index contributed by atoms with van der Waals surface area (Å²) in [5.41, 5.74) is 0.738. The van der Waals surface area contributed by atoms with E-state index in [0.29, 0.717) is 0 Å². The maximum absolute atomic E-state index is 11.3. The Kier molecular flexibility index (Phi) is 4.34. The lowest BCUT2D eigenvalue weighted by molar-refractivity contribution is -0.117. The van der Waals surface area contributed by atoms with Crippen LogP contribution in [0.5, 0.6) is 0 Å². The molecule has 0 aliphatic rings. The quantitative estimate of drug-likeness (QED) is 0.763. The van der Waals surface area contributed by atoms with E-state index in [0.717, 1.165) is 5.69 Å². The summed E-state index contributed by atoms with van der Waals surface area (Å²) < 4.78 is 0. The summed E-state index contributed by atoms with van der Waals surface area (Å²) in [6, 6.07) is 9.11. The van der Waals surface area contributed by atoms with Crippen molar-refractivity contribution in [2.24, 2.45) is 0 Å². The summed E-state index contributed by atoms with van der Waals surface area (Å²) in [5.74, 6) is -0.780. The second-order valence-corrected chi connectivity index (χ2v) is 2.96. The van der Waals surface area contributed by atoms with Crippen LogP contribution in [-0.4, -0.2) is 18.4 Å². The third kappa shape index (κ3) is 4.81. The number of hydrogen-bond donors (Lipinski definition) is 2. The lowest BCUT2D eigenvalue weighted by Gasteiger charge is -2.04. The number of anilines is 1. The van der Waals surface area contributed by atoms with Gasteiger partial charge in [-0.25, -0.2) is 0 Å². The number of benzene rings is 1. The molecule has 2 radical (unpaired) electrons. The average Bonchev–Trinajstić information content (AvgIpc) is 2.18. The first kappa shape index (κ1) is 11.2. The molecule has 2 amide bonds. The number of para-hydroxylation sites is 1. The number of nitrogens with one attached hydrogen (secondary N) is 2. The van der Waals surface area contributed by atoms with Crippen LogP contribution in [0.1, 0.15) is 6.42 Å². The molecule has 0 spiro atoms. The molecule has 0 aliphatic carbocycles. The topological polar surface area (TPSA) is 58.2 Å². The molecule has 15 heavy (non-hydrogen) atoms. The number of carbonyl (C=O) groups excluding carboxylic acids is 2. The minimum atomic E-state index is -0.623. The van der Waals surface area contributed by atoms with E-state index in [9.17, 15) is 9.59 Å². The van der Waals surface area contributed by atoms with Crippen LogP contribution in [0.3, 0.4) is 0 Å². The molecule has 78 valence electrons. The Bertz CT molecular complexity index is 336. The Morgan fingerprint density at radius 2 is 1.87 bits per heavy atom. The van der Waals surface area contributed by atoms with Crippen molar-refractivity contribution < 1.29 is 9.59 Å². The fourth-order valence-corrected chi connectivity index (χ4v) is 1.04. The first-order chi connectivity index (χ1) is 7.18. The van der Waals surface area contributed by atoms with Crippen LogP contribution >= 0.6 is 0 Å². The van der Waals surface area contributed by atoms with Gasteiger partial charge in [-0.05, 0) is 12.1 Å². The molecule has 0 fully saturated rings. The van der Waals surface area contributed by atoms with Gasteiger partial charge in [-0.1, -0.05) is 18.2 Å². The van der Waals surface area contributed by atoms with Crippen molar-refractivity contribution in [2.75, 3.05) is 11.9 Å². The van der Waals surface area contributed by atoms with Crippen molar-refractivity contribution >= 4 is 17.5 Å². The Labute approximate surface area is 88.7 Å². The summed E-state index contributed by atoms with van der Waals surface area (Å²) in [6.07, 6.45) is 0.206. The van der Waals surface area contributed by atoms with E-state index in [1.165, 1.54) is 0 Å². The molecule has 0 saturated heterocycles. The number of rotatable bonds is 4. The minimum Gasteiger partial charge on any atom is -0.355 e. The summed E-state index contributed by atoms with van der Waals surface area (Å²) >= 11 is 0. The van der Waals surface area contributed by atoms with Crippen molar-refractivity contribution in [1.29, 1.82) is 0 Å². The van der Waals surface area contributed by atoms with E-state index >= 15 is 0 Å². The number of carbonyl (C=O) groups is 2. The Hall–Kier alpha value is -1.84. The number of amides is 2. The van der Waals surface area contributed by atoms with Gasteiger partial charge in [0.25, 0.3) is 0 Å². The summed E-state index contributed by atoms with van der Waals surface area (Å²) in [6.45, 7) is 5.09. The van der Waals surface area contributed by atoms with E-state index in [2.05, 4.69) is 10.6 Å². The summed E-state index contributed by atoms with van der Waals surface area (Å²) in [4.78, 5) is 21.6. The lowest BCUT2D eigenvalue weighted by Crippen LogP contribution is -2.25. The highest BCUT2D eigenvalue weighted by Crippen LogP contribution is 2.04. The van der Waals surface area contributed by atoms with Crippen molar-refractivity contribution in [3.8, 4) is 0 Å². The molecule has 2 N–H and O–H groups in total. The van der Waals surface area contributed by atoms with Crippen molar-refractivity contribution in [2.45, 2.75) is 6.42 Å². The standard InChI is InChI=1S/C11H12N2O2/c1-9(14)12-8-7-11(15)13-10-5-3-2-4-6-10/h1-6H,7-8H2,(H,12,14)(H,13,15). The maximum atomic E-state index is 11.3. The van der Waals surface area contributed by atoms with E-state index in [1.807, 2.05) is 18.2 Å². The highest BCUT2D eigenvalue weighted by atomic mass is 16.2. The van der Waals surface area contributed by atoms with Gasteiger partial charge in [-0.3, -0.25) is 9.59 Å². The van der Waals surface area contributed by atoms with Gasteiger partial charge in [-0.2, -0.15) is 0 Å². The molecule has 4 nitrogen and oxygen atoms in total. The molecule has 4 heteroatoms. The normalized spacial score (nSPS) is 9.40. The zero-order chi connectivity index (χ0) is 11.1. The van der Waals surface area contributed by atoms with Gasteiger partial charge in [-0.15, -0.1) is 0 Å². The molecule has 0 heterocycles. The third-order valence-corrected chi connectivity index (χ3v) is 1.71. The fourth-order valence-electron chi connectivity index (χ4n) is 1.04. The number of hydrogen-bond acceptors (Lipinski definition) is 2. The molecule has 0 bridgehead atoms. The molecule has 1 rings (SSSR count). The molecule has 0 aliphatic heterocycles. The van der Waals surface area contributed by atoms with Crippen LogP contribution in [0.15, 0.2) is 30.3 Å². The van der Waals surface area contributed by atoms with Crippen molar-refractivity contribution in [3.63, 3.8) is 0 Å². The predicted octanol–water partition coefficient (Wildman–Crippen LogP) is 0.842. The van der Waals surface area contributed by atoms with E-state index in [-0.39, 0.29) is 18.9 Å². The van der Waals surface area contributed by atoms with E-state index in [1.54, 1.807) is 12.1 Å². The van der Waals surface area contributed by atoms with E-state index in [4.69, 9.17) is 6.92 Å². The Morgan fingerprint density at radius 1 is 1.20 bits per heavy atom. The van der Waals surface area contributed by atoms with Crippen LogP contribution in [0.25, 0.3) is 0 Å². The van der Waals surface area contributed by atoms with Crippen molar-refractivity contribution in [1.82, 2.24) is 5.32 Å². The highest BCUT2D eigenvalue weighted by molar-refractivity contribution is 5.91. The smallest absolute Gasteiger partial charge is 0.226 e. The molecule has 1 aromatic carbocycles. The van der Waals surface area contributed by atoms with Gasteiger partial charge >= 0.3 is 0 Å².